The number of anilines is 1. The molecule has 2 nitrogen and oxygen atoms in total. The Labute approximate surface area is 122 Å². The number of nitrogens with two attached hydrogens (primary N) is 1. The average Bonchev–Trinajstić information content (AvgIpc) is 2.43. The number of halogens is 1. The number of hydrogen-bond donors (Lipinski definition) is 1. The molecule has 0 fully saturated rings. The summed E-state index contributed by atoms with van der Waals surface area (Å²) in [6.07, 6.45) is 1.15. The van der Waals surface area contributed by atoms with E-state index in [1.54, 1.807) is 0 Å². The highest BCUT2D eigenvalue weighted by Gasteiger charge is 2.15. The van der Waals surface area contributed by atoms with Crippen LogP contribution >= 0.6 is 15.9 Å². The van der Waals surface area contributed by atoms with Crippen LogP contribution in [0.5, 0.6) is 0 Å². The van der Waals surface area contributed by atoms with Crippen molar-refractivity contribution in [3.63, 3.8) is 0 Å². The van der Waals surface area contributed by atoms with Gasteiger partial charge in [0.1, 0.15) is 0 Å². The number of fused-ring (bicyclic) bond motifs is 1. The zero-order chi connectivity index (χ0) is 13.2. The van der Waals surface area contributed by atoms with Crippen molar-refractivity contribution in [2.75, 3.05) is 12.3 Å². The van der Waals surface area contributed by atoms with Crippen LogP contribution < -0.4 is 5.73 Å². The van der Waals surface area contributed by atoms with Gasteiger partial charge in [-0.05, 0) is 51.2 Å². The first-order valence-corrected chi connectivity index (χ1v) is 7.35. The van der Waals surface area contributed by atoms with Gasteiger partial charge in [-0.3, -0.25) is 4.90 Å². The van der Waals surface area contributed by atoms with Gasteiger partial charge in [0.25, 0.3) is 0 Å². The zero-order valence-electron chi connectivity index (χ0n) is 10.8. The summed E-state index contributed by atoms with van der Waals surface area (Å²) in [7, 11) is 0. The quantitative estimate of drug-likeness (QED) is 0.858. The number of nitrogens with zero attached hydrogens (tertiary/aromatic N) is 1. The SMILES string of the molecule is Nc1ccc(CN2CCc3ccccc3C2)cc1Br. The summed E-state index contributed by atoms with van der Waals surface area (Å²) < 4.78 is 0.988. The average molecular weight is 317 g/mol. The van der Waals surface area contributed by atoms with Crippen LogP contribution in [0, 0.1) is 0 Å². The van der Waals surface area contributed by atoms with Crippen LogP contribution in [0.25, 0.3) is 0 Å². The van der Waals surface area contributed by atoms with Crippen LogP contribution in [0.4, 0.5) is 5.69 Å². The second-order valence-electron chi connectivity index (χ2n) is 5.09. The standard InChI is InChI=1S/C16H17BrN2/c17-15-9-12(5-6-16(15)18)10-19-8-7-13-3-1-2-4-14(13)11-19/h1-6,9H,7-8,10-11,18H2. The molecule has 2 aromatic rings. The molecule has 1 aliphatic heterocycles. The maximum atomic E-state index is 5.82. The van der Waals surface area contributed by atoms with Gasteiger partial charge in [-0.1, -0.05) is 30.3 Å². The predicted molar refractivity (Wildman–Crippen MR) is 82.8 cm³/mol. The Bertz CT molecular complexity index is 595. The second-order valence-corrected chi connectivity index (χ2v) is 5.94. The third-order valence-corrected chi connectivity index (χ3v) is 4.37. The van der Waals surface area contributed by atoms with E-state index in [0.717, 1.165) is 36.2 Å². The Morgan fingerprint density at radius 3 is 2.68 bits per heavy atom. The van der Waals surface area contributed by atoms with Crippen LogP contribution in [-0.2, 0) is 19.5 Å². The smallest absolute Gasteiger partial charge is 0.0458 e. The maximum absolute atomic E-state index is 5.82. The highest BCUT2D eigenvalue weighted by Crippen LogP contribution is 2.24. The van der Waals surface area contributed by atoms with Crippen LogP contribution in [0.15, 0.2) is 46.9 Å². The topological polar surface area (TPSA) is 29.3 Å². The van der Waals surface area contributed by atoms with Crippen molar-refractivity contribution in [3.8, 4) is 0 Å². The molecule has 0 amide bonds. The Balaban J connectivity index is 1.73. The summed E-state index contributed by atoms with van der Waals surface area (Å²) in [6, 6.07) is 14.9. The molecule has 1 aliphatic rings. The molecular weight excluding hydrogens is 300 g/mol. The maximum Gasteiger partial charge on any atom is 0.0458 e. The number of rotatable bonds is 2. The van der Waals surface area contributed by atoms with Gasteiger partial charge in [0.15, 0.2) is 0 Å². The van der Waals surface area contributed by atoms with Crippen LogP contribution in [0.1, 0.15) is 16.7 Å². The van der Waals surface area contributed by atoms with Gasteiger partial charge in [0, 0.05) is 29.8 Å². The third-order valence-electron chi connectivity index (χ3n) is 3.68. The predicted octanol–water partition coefficient (Wildman–Crippen LogP) is 3.59. The highest BCUT2D eigenvalue weighted by atomic mass is 79.9. The Kier molecular flexibility index (Phi) is 3.58. The summed E-state index contributed by atoms with van der Waals surface area (Å²) >= 11 is 3.49. The van der Waals surface area contributed by atoms with Crippen molar-refractivity contribution in [2.45, 2.75) is 19.5 Å². The van der Waals surface area contributed by atoms with E-state index < -0.39 is 0 Å². The van der Waals surface area contributed by atoms with E-state index in [4.69, 9.17) is 5.73 Å². The molecule has 0 unspecified atom stereocenters. The molecule has 0 radical (unpaired) electrons. The summed E-state index contributed by atoms with van der Waals surface area (Å²) in [5.74, 6) is 0. The summed E-state index contributed by atoms with van der Waals surface area (Å²) in [4.78, 5) is 2.49. The summed E-state index contributed by atoms with van der Waals surface area (Å²) in [5, 5.41) is 0. The Hall–Kier alpha value is -1.32. The van der Waals surface area contributed by atoms with Crippen molar-refractivity contribution in [2.24, 2.45) is 0 Å². The van der Waals surface area contributed by atoms with Crippen molar-refractivity contribution < 1.29 is 0 Å². The highest BCUT2D eigenvalue weighted by molar-refractivity contribution is 9.10. The van der Waals surface area contributed by atoms with Gasteiger partial charge in [0.2, 0.25) is 0 Å². The van der Waals surface area contributed by atoms with E-state index in [1.807, 2.05) is 6.07 Å². The number of nitrogen functional groups attached to an aromatic ring is 1. The lowest BCUT2D eigenvalue weighted by Gasteiger charge is -2.28. The first kappa shape index (κ1) is 12.7. The fourth-order valence-electron chi connectivity index (χ4n) is 2.62. The van der Waals surface area contributed by atoms with Crippen LogP contribution in [0.2, 0.25) is 0 Å². The third kappa shape index (κ3) is 2.82. The van der Waals surface area contributed by atoms with Gasteiger partial charge >= 0.3 is 0 Å². The Morgan fingerprint density at radius 2 is 1.89 bits per heavy atom. The summed E-state index contributed by atoms with van der Waals surface area (Å²) in [5.41, 5.74) is 10.9. The largest absolute Gasteiger partial charge is 0.398 e. The minimum atomic E-state index is 0.799. The molecule has 0 atom stereocenters. The van der Waals surface area contributed by atoms with E-state index >= 15 is 0 Å². The first-order chi connectivity index (χ1) is 9.22. The molecule has 0 bridgehead atoms. The molecule has 1 heterocycles. The molecule has 3 rings (SSSR count). The molecule has 98 valence electrons. The molecule has 19 heavy (non-hydrogen) atoms. The van der Waals surface area contributed by atoms with Gasteiger partial charge in [-0.15, -0.1) is 0 Å². The molecule has 0 spiro atoms. The minimum absolute atomic E-state index is 0.799. The van der Waals surface area contributed by atoms with E-state index in [-0.39, 0.29) is 0 Å². The fraction of sp³-hybridized carbons (Fsp3) is 0.250. The first-order valence-electron chi connectivity index (χ1n) is 6.55. The monoisotopic (exact) mass is 316 g/mol. The lowest BCUT2D eigenvalue weighted by molar-refractivity contribution is 0.245. The van der Waals surface area contributed by atoms with Crippen molar-refractivity contribution in [3.05, 3.63) is 63.6 Å². The van der Waals surface area contributed by atoms with Crippen molar-refractivity contribution in [1.29, 1.82) is 0 Å². The second kappa shape index (κ2) is 5.35. The number of hydrogen-bond acceptors (Lipinski definition) is 2. The van der Waals surface area contributed by atoms with Crippen molar-refractivity contribution in [1.82, 2.24) is 4.90 Å². The van der Waals surface area contributed by atoms with E-state index in [2.05, 4.69) is 57.2 Å². The number of benzene rings is 2. The normalized spacial score (nSPS) is 15.2. The molecule has 0 saturated heterocycles. The lowest BCUT2D eigenvalue weighted by Crippen LogP contribution is -2.29. The molecule has 0 aromatic heterocycles. The molecule has 3 heteroatoms. The Morgan fingerprint density at radius 1 is 1.11 bits per heavy atom. The molecule has 0 saturated carbocycles. The van der Waals surface area contributed by atoms with Crippen LogP contribution in [-0.4, -0.2) is 11.4 Å². The minimum Gasteiger partial charge on any atom is -0.398 e. The van der Waals surface area contributed by atoms with Gasteiger partial charge in [-0.2, -0.15) is 0 Å². The summed E-state index contributed by atoms with van der Waals surface area (Å²) in [6.45, 7) is 3.14. The van der Waals surface area contributed by atoms with Gasteiger partial charge < -0.3 is 5.73 Å². The molecule has 2 aromatic carbocycles. The lowest BCUT2D eigenvalue weighted by atomic mass is 9.99. The van der Waals surface area contributed by atoms with E-state index in [9.17, 15) is 0 Å². The van der Waals surface area contributed by atoms with Gasteiger partial charge in [-0.25, -0.2) is 0 Å². The molecule has 2 N–H and O–H groups in total. The van der Waals surface area contributed by atoms with Crippen molar-refractivity contribution >= 4 is 21.6 Å². The van der Waals surface area contributed by atoms with E-state index in [1.165, 1.54) is 16.7 Å². The van der Waals surface area contributed by atoms with E-state index in [0.29, 0.717) is 0 Å². The fourth-order valence-corrected chi connectivity index (χ4v) is 3.04. The molecular formula is C16H17BrN2. The zero-order valence-corrected chi connectivity index (χ0v) is 12.4. The molecule has 0 aliphatic carbocycles. The van der Waals surface area contributed by atoms with Crippen LogP contribution in [0.3, 0.4) is 0 Å². The van der Waals surface area contributed by atoms with Gasteiger partial charge in [0.05, 0.1) is 0 Å².